The van der Waals surface area contributed by atoms with E-state index < -0.39 is 12.1 Å². The molecule has 0 bridgehead atoms. The number of hydrogen-bond acceptors (Lipinski definition) is 2. The zero-order valence-electron chi connectivity index (χ0n) is 10.3. The molecule has 0 aromatic rings. The van der Waals surface area contributed by atoms with E-state index in [1.807, 2.05) is 0 Å². The second-order valence-electron chi connectivity index (χ2n) is 4.81. The van der Waals surface area contributed by atoms with Gasteiger partial charge in [-0.2, -0.15) is 0 Å². The van der Waals surface area contributed by atoms with Crippen molar-refractivity contribution in [3.63, 3.8) is 0 Å². The third-order valence-electron chi connectivity index (χ3n) is 3.35. The summed E-state index contributed by atoms with van der Waals surface area (Å²) < 4.78 is 5.55. The van der Waals surface area contributed by atoms with Crippen LogP contribution in [0.5, 0.6) is 0 Å². The van der Waals surface area contributed by atoms with Crippen LogP contribution in [0.1, 0.15) is 58.3 Å². The fraction of sp³-hybridized carbons (Fsp3) is 0.923. The molecule has 1 saturated carbocycles. The van der Waals surface area contributed by atoms with E-state index in [2.05, 4.69) is 6.92 Å². The van der Waals surface area contributed by atoms with E-state index in [4.69, 9.17) is 9.84 Å². The number of rotatable bonds is 7. The zero-order valence-corrected chi connectivity index (χ0v) is 10.3. The Hall–Kier alpha value is -0.570. The van der Waals surface area contributed by atoms with Gasteiger partial charge in [-0.15, -0.1) is 0 Å². The highest BCUT2D eigenvalue weighted by Crippen LogP contribution is 2.24. The van der Waals surface area contributed by atoms with Crippen LogP contribution in [0.25, 0.3) is 0 Å². The Labute approximate surface area is 98.2 Å². The molecule has 1 aliphatic carbocycles. The normalized spacial score (nSPS) is 19.6. The van der Waals surface area contributed by atoms with E-state index in [1.165, 1.54) is 32.1 Å². The molecule has 1 unspecified atom stereocenters. The fourth-order valence-electron chi connectivity index (χ4n) is 2.27. The lowest BCUT2D eigenvalue weighted by atomic mass is 9.90. The van der Waals surface area contributed by atoms with Gasteiger partial charge in [-0.05, 0) is 25.2 Å². The number of carboxylic acids is 1. The number of aliphatic carboxylic acids is 1. The quantitative estimate of drug-likeness (QED) is 0.727. The lowest BCUT2D eigenvalue weighted by Crippen LogP contribution is -2.27. The minimum Gasteiger partial charge on any atom is -0.479 e. The van der Waals surface area contributed by atoms with Crippen molar-refractivity contribution >= 4 is 5.97 Å². The standard InChI is InChI=1S/C13H24O3/c1-2-3-9-12(13(14)15)16-10-11-7-5-4-6-8-11/h11-12H,2-10H2,1H3,(H,14,15). The van der Waals surface area contributed by atoms with Gasteiger partial charge in [0.1, 0.15) is 0 Å². The lowest BCUT2D eigenvalue weighted by molar-refractivity contribution is -0.152. The Morgan fingerprint density at radius 1 is 1.38 bits per heavy atom. The maximum atomic E-state index is 11.0. The van der Waals surface area contributed by atoms with Crippen molar-refractivity contribution in [3.05, 3.63) is 0 Å². The van der Waals surface area contributed by atoms with Crippen molar-refractivity contribution in [2.24, 2.45) is 5.92 Å². The van der Waals surface area contributed by atoms with Crippen LogP contribution in [0.15, 0.2) is 0 Å². The van der Waals surface area contributed by atoms with Crippen molar-refractivity contribution in [2.75, 3.05) is 6.61 Å². The summed E-state index contributed by atoms with van der Waals surface area (Å²) in [5.41, 5.74) is 0. The van der Waals surface area contributed by atoms with Gasteiger partial charge >= 0.3 is 5.97 Å². The second-order valence-corrected chi connectivity index (χ2v) is 4.81. The minimum atomic E-state index is -0.802. The molecule has 0 spiro atoms. The molecule has 0 heterocycles. The van der Waals surface area contributed by atoms with Gasteiger partial charge in [0.15, 0.2) is 6.10 Å². The van der Waals surface area contributed by atoms with E-state index >= 15 is 0 Å². The molecule has 0 saturated heterocycles. The average molecular weight is 228 g/mol. The number of hydrogen-bond donors (Lipinski definition) is 1. The van der Waals surface area contributed by atoms with E-state index in [0.717, 1.165) is 12.8 Å². The highest BCUT2D eigenvalue weighted by Gasteiger charge is 2.20. The monoisotopic (exact) mass is 228 g/mol. The fourth-order valence-corrected chi connectivity index (χ4v) is 2.27. The van der Waals surface area contributed by atoms with Crippen LogP contribution in [0.3, 0.4) is 0 Å². The highest BCUT2D eigenvalue weighted by molar-refractivity contribution is 5.72. The first-order chi connectivity index (χ1) is 7.74. The van der Waals surface area contributed by atoms with Crippen molar-refractivity contribution in [1.29, 1.82) is 0 Å². The average Bonchev–Trinajstić information content (AvgIpc) is 2.30. The van der Waals surface area contributed by atoms with E-state index in [1.54, 1.807) is 0 Å². The molecular weight excluding hydrogens is 204 g/mol. The maximum absolute atomic E-state index is 11.0. The van der Waals surface area contributed by atoms with Gasteiger partial charge in [0.05, 0.1) is 6.61 Å². The Morgan fingerprint density at radius 3 is 2.62 bits per heavy atom. The van der Waals surface area contributed by atoms with Crippen LogP contribution in [0, 0.1) is 5.92 Å². The molecule has 0 aromatic heterocycles. The third-order valence-corrected chi connectivity index (χ3v) is 3.35. The minimum absolute atomic E-state index is 0.582. The summed E-state index contributed by atoms with van der Waals surface area (Å²) in [6, 6.07) is 0. The van der Waals surface area contributed by atoms with Gasteiger partial charge in [0.2, 0.25) is 0 Å². The molecule has 0 amide bonds. The summed E-state index contributed by atoms with van der Waals surface area (Å²) in [7, 11) is 0. The first-order valence-corrected chi connectivity index (χ1v) is 6.58. The smallest absolute Gasteiger partial charge is 0.332 e. The van der Waals surface area contributed by atoms with Crippen LogP contribution in [0.2, 0.25) is 0 Å². The predicted octanol–water partition coefficient (Wildman–Crippen LogP) is 3.23. The summed E-state index contributed by atoms with van der Waals surface area (Å²) in [4.78, 5) is 11.0. The molecule has 0 radical (unpaired) electrons. The summed E-state index contributed by atoms with van der Waals surface area (Å²) in [6.45, 7) is 2.71. The van der Waals surface area contributed by atoms with Crippen molar-refractivity contribution in [3.8, 4) is 0 Å². The Morgan fingerprint density at radius 2 is 2.06 bits per heavy atom. The molecule has 94 valence electrons. The van der Waals surface area contributed by atoms with Gasteiger partial charge < -0.3 is 9.84 Å². The van der Waals surface area contributed by atoms with Crippen LogP contribution in [-0.4, -0.2) is 23.8 Å². The topological polar surface area (TPSA) is 46.5 Å². The molecule has 3 heteroatoms. The summed E-state index contributed by atoms with van der Waals surface area (Å²) >= 11 is 0. The Kier molecular flexibility index (Phi) is 6.46. The molecule has 0 aromatic carbocycles. The molecule has 3 nitrogen and oxygen atoms in total. The van der Waals surface area contributed by atoms with Crippen LogP contribution in [-0.2, 0) is 9.53 Å². The zero-order chi connectivity index (χ0) is 11.8. The van der Waals surface area contributed by atoms with Crippen molar-refractivity contribution < 1.29 is 14.6 Å². The maximum Gasteiger partial charge on any atom is 0.332 e. The number of carbonyl (C=O) groups is 1. The molecule has 1 atom stereocenters. The van der Waals surface area contributed by atoms with Crippen LogP contribution < -0.4 is 0 Å². The van der Waals surface area contributed by atoms with Gasteiger partial charge in [-0.3, -0.25) is 0 Å². The summed E-state index contributed by atoms with van der Waals surface area (Å²) in [6.07, 6.45) is 8.33. The van der Waals surface area contributed by atoms with E-state index in [0.29, 0.717) is 18.9 Å². The molecule has 1 aliphatic rings. The predicted molar refractivity (Wildman–Crippen MR) is 63.5 cm³/mol. The first-order valence-electron chi connectivity index (χ1n) is 6.58. The Bertz CT molecular complexity index is 197. The molecule has 1 rings (SSSR count). The second kappa shape index (κ2) is 7.66. The third kappa shape index (κ3) is 4.97. The van der Waals surface area contributed by atoms with Gasteiger partial charge in [0.25, 0.3) is 0 Å². The highest BCUT2D eigenvalue weighted by atomic mass is 16.5. The van der Waals surface area contributed by atoms with Gasteiger partial charge in [-0.1, -0.05) is 39.0 Å². The number of carboxylic acid groups (broad SMARTS) is 1. The van der Waals surface area contributed by atoms with Crippen molar-refractivity contribution in [1.82, 2.24) is 0 Å². The van der Waals surface area contributed by atoms with Gasteiger partial charge in [-0.25, -0.2) is 4.79 Å². The SMILES string of the molecule is CCCCC(OCC1CCCCC1)C(=O)O. The number of ether oxygens (including phenoxy) is 1. The summed E-state index contributed by atoms with van der Waals surface area (Å²) in [5, 5.41) is 9.00. The van der Waals surface area contributed by atoms with Crippen LogP contribution in [0.4, 0.5) is 0 Å². The molecule has 0 aliphatic heterocycles. The lowest BCUT2D eigenvalue weighted by Gasteiger charge is -2.23. The first kappa shape index (κ1) is 13.5. The van der Waals surface area contributed by atoms with Crippen molar-refractivity contribution in [2.45, 2.75) is 64.4 Å². The van der Waals surface area contributed by atoms with E-state index in [9.17, 15) is 4.79 Å². The molecular formula is C13H24O3. The largest absolute Gasteiger partial charge is 0.479 e. The van der Waals surface area contributed by atoms with Gasteiger partial charge in [0, 0.05) is 0 Å². The molecule has 1 fully saturated rings. The number of unbranched alkanes of at least 4 members (excludes halogenated alkanes) is 1. The molecule has 1 N–H and O–H groups in total. The Balaban J connectivity index is 2.22. The van der Waals surface area contributed by atoms with E-state index in [-0.39, 0.29) is 0 Å². The van der Waals surface area contributed by atoms with Crippen LogP contribution >= 0.6 is 0 Å². The molecule has 16 heavy (non-hydrogen) atoms. The summed E-state index contributed by atoms with van der Waals surface area (Å²) in [5.74, 6) is -0.207.